The van der Waals surface area contributed by atoms with Gasteiger partial charge in [0.25, 0.3) is 0 Å². The van der Waals surface area contributed by atoms with Gasteiger partial charge in [-0.25, -0.2) is 12.7 Å². The first-order valence-corrected chi connectivity index (χ1v) is 11.4. The maximum absolute atomic E-state index is 12.3. The quantitative estimate of drug-likeness (QED) is 0.295. The summed E-state index contributed by atoms with van der Waals surface area (Å²) >= 11 is 0. The average molecular weight is 523 g/mol. The van der Waals surface area contributed by atoms with Crippen LogP contribution in [0.25, 0.3) is 0 Å². The molecule has 0 aromatic heterocycles. The molecule has 1 aromatic rings. The van der Waals surface area contributed by atoms with Crippen LogP contribution >= 0.6 is 24.0 Å². The smallest absolute Gasteiger partial charge is 0.215 e. The summed E-state index contributed by atoms with van der Waals surface area (Å²) in [6.07, 6.45) is 1.02. The van der Waals surface area contributed by atoms with E-state index in [4.69, 9.17) is 0 Å². The van der Waals surface area contributed by atoms with E-state index in [2.05, 4.69) is 44.8 Å². The molecule has 2 N–H and O–H groups in total. The first kappa shape index (κ1) is 25.0. The number of halogens is 1. The number of anilines is 1. The van der Waals surface area contributed by atoms with Gasteiger partial charge in [0.2, 0.25) is 10.0 Å². The normalized spacial score (nSPS) is 17.5. The number of benzene rings is 1. The van der Waals surface area contributed by atoms with Crippen LogP contribution in [0, 0.1) is 0 Å². The summed E-state index contributed by atoms with van der Waals surface area (Å²) in [5, 5.41) is 6.67. The Morgan fingerprint density at radius 3 is 2.50 bits per heavy atom. The Labute approximate surface area is 187 Å². The maximum Gasteiger partial charge on any atom is 0.215 e. The van der Waals surface area contributed by atoms with Crippen molar-refractivity contribution in [2.24, 2.45) is 4.99 Å². The van der Waals surface area contributed by atoms with E-state index in [0.29, 0.717) is 25.1 Å². The summed E-state index contributed by atoms with van der Waals surface area (Å²) in [6, 6.07) is 10.7. The van der Waals surface area contributed by atoms with Crippen LogP contribution in [0.15, 0.2) is 35.3 Å². The third-order valence-electron chi connectivity index (χ3n) is 4.71. The molecule has 28 heavy (non-hydrogen) atoms. The standard InChI is InChI=1S/C19H33N5O2S.HI/c1-4-20-19(21-13-15-27(25,26)24(5-2)6-3)22-17-12-14-23(16-17)18-10-8-7-9-11-18;/h7-11,17H,4-6,12-16H2,1-3H3,(H2,20,21,22);1H. The molecular formula is C19H34IN5O2S. The zero-order chi connectivity index (χ0) is 19.7. The molecule has 1 fully saturated rings. The largest absolute Gasteiger partial charge is 0.369 e. The maximum atomic E-state index is 12.3. The van der Waals surface area contributed by atoms with E-state index in [1.807, 2.05) is 26.8 Å². The number of aliphatic imine (C=N–C) groups is 1. The second-order valence-corrected chi connectivity index (χ2v) is 8.66. The summed E-state index contributed by atoms with van der Waals surface area (Å²) in [5.74, 6) is 0.721. The van der Waals surface area contributed by atoms with Crippen molar-refractivity contribution >= 4 is 45.6 Å². The van der Waals surface area contributed by atoms with Crippen LogP contribution in [0.4, 0.5) is 5.69 Å². The molecule has 160 valence electrons. The third-order valence-corrected chi connectivity index (χ3v) is 6.71. The zero-order valence-corrected chi connectivity index (χ0v) is 20.2. The van der Waals surface area contributed by atoms with Crippen molar-refractivity contribution in [1.29, 1.82) is 0 Å². The lowest BCUT2D eigenvalue weighted by Crippen LogP contribution is -2.45. The second kappa shape index (κ2) is 12.5. The van der Waals surface area contributed by atoms with Crippen LogP contribution < -0.4 is 15.5 Å². The lowest BCUT2D eigenvalue weighted by Gasteiger charge is -2.20. The Morgan fingerprint density at radius 1 is 1.21 bits per heavy atom. The number of rotatable bonds is 9. The molecule has 0 bridgehead atoms. The van der Waals surface area contributed by atoms with Crippen molar-refractivity contribution in [2.75, 3.05) is 49.9 Å². The van der Waals surface area contributed by atoms with Crippen molar-refractivity contribution in [3.8, 4) is 0 Å². The molecule has 1 aliphatic rings. The molecule has 1 aliphatic heterocycles. The number of nitrogens with one attached hydrogen (secondary N) is 2. The first-order valence-electron chi connectivity index (χ1n) is 9.82. The van der Waals surface area contributed by atoms with E-state index in [1.54, 1.807) is 0 Å². The van der Waals surface area contributed by atoms with Gasteiger partial charge in [0.15, 0.2) is 5.96 Å². The van der Waals surface area contributed by atoms with Crippen molar-refractivity contribution in [1.82, 2.24) is 14.9 Å². The summed E-state index contributed by atoms with van der Waals surface area (Å²) in [6.45, 7) is 9.62. The Kier molecular flexibility index (Phi) is 11.1. The predicted octanol–water partition coefficient (Wildman–Crippen LogP) is 2.11. The fraction of sp³-hybridized carbons (Fsp3) is 0.632. The molecule has 0 radical (unpaired) electrons. The molecule has 0 saturated carbocycles. The minimum absolute atomic E-state index is 0. The highest BCUT2D eigenvalue weighted by Crippen LogP contribution is 2.19. The summed E-state index contributed by atoms with van der Waals surface area (Å²) in [7, 11) is -3.24. The third kappa shape index (κ3) is 7.40. The van der Waals surface area contributed by atoms with E-state index in [1.165, 1.54) is 9.99 Å². The lowest BCUT2D eigenvalue weighted by molar-refractivity contribution is 0.445. The molecule has 9 heteroatoms. The van der Waals surface area contributed by atoms with Crippen LogP contribution in [0.3, 0.4) is 0 Å². The van der Waals surface area contributed by atoms with Crippen LogP contribution in [0.5, 0.6) is 0 Å². The van der Waals surface area contributed by atoms with Crippen molar-refractivity contribution in [3.63, 3.8) is 0 Å². The van der Waals surface area contributed by atoms with Crippen LogP contribution in [0.2, 0.25) is 0 Å². The van der Waals surface area contributed by atoms with Gasteiger partial charge < -0.3 is 15.5 Å². The van der Waals surface area contributed by atoms with E-state index in [0.717, 1.165) is 26.1 Å². The van der Waals surface area contributed by atoms with Gasteiger partial charge in [-0.15, -0.1) is 24.0 Å². The SMILES string of the molecule is CCNC(=NCCS(=O)(=O)N(CC)CC)NC1CCN(c2ccccc2)C1.I. The van der Waals surface area contributed by atoms with Crippen molar-refractivity contribution in [2.45, 2.75) is 33.2 Å². The molecular weight excluding hydrogens is 489 g/mol. The lowest BCUT2D eigenvalue weighted by atomic mass is 10.3. The Hall–Kier alpha value is -1.07. The number of hydrogen-bond acceptors (Lipinski definition) is 4. The molecule has 1 unspecified atom stereocenters. The highest BCUT2D eigenvalue weighted by atomic mass is 127. The predicted molar refractivity (Wildman–Crippen MR) is 128 cm³/mol. The molecule has 0 amide bonds. The van der Waals surface area contributed by atoms with Gasteiger partial charge in [-0.3, -0.25) is 4.99 Å². The molecule has 1 saturated heterocycles. The zero-order valence-electron chi connectivity index (χ0n) is 17.1. The number of hydrogen-bond donors (Lipinski definition) is 2. The minimum Gasteiger partial charge on any atom is -0.369 e. The molecule has 2 rings (SSSR count). The van der Waals surface area contributed by atoms with E-state index in [9.17, 15) is 8.42 Å². The van der Waals surface area contributed by atoms with Crippen LogP contribution in [-0.4, -0.2) is 69.7 Å². The highest BCUT2D eigenvalue weighted by Gasteiger charge is 2.23. The Bertz CT molecular complexity index is 696. The second-order valence-electron chi connectivity index (χ2n) is 6.57. The van der Waals surface area contributed by atoms with Crippen LogP contribution in [-0.2, 0) is 10.0 Å². The van der Waals surface area contributed by atoms with Gasteiger partial charge in [-0.05, 0) is 25.5 Å². The number of sulfonamides is 1. The van der Waals surface area contributed by atoms with Gasteiger partial charge in [-0.2, -0.15) is 0 Å². The van der Waals surface area contributed by atoms with Crippen molar-refractivity contribution in [3.05, 3.63) is 30.3 Å². The molecule has 1 heterocycles. The molecule has 1 aromatic carbocycles. The molecule has 0 aliphatic carbocycles. The van der Waals surface area contributed by atoms with Gasteiger partial charge in [0.05, 0.1) is 12.3 Å². The van der Waals surface area contributed by atoms with Crippen LogP contribution in [0.1, 0.15) is 27.2 Å². The monoisotopic (exact) mass is 523 g/mol. The minimum atomic E-state index is -3.24. The van der Waals surface area contributed by atoms with Gasteiger partial charge >= 0.3 is 0 Å². The average Bonchev–Trinajstić information content (AvgIpc) is 3.12. The summed E-state index contributed by atoms with van der Waals surface area (Å²) in [4.78, 5) is 6.83. The van der Waals surface area contributed by atoms with Gasteiger partial charge in [0, 0.05) is 44.5 Å². The molecule has 7 nitrogen and oxygen atoms in total. The number of para-hydroxylation sites is 1. The summed E-state index contributed by atoms with van der Waals surface area (Å²) in [5.41, 5.74) is 1.23. The summed E-state index contributed by atoms with van der Waals surface area (Å²) < 4.78 is 26.1. The van der Waals surface area contributed by atoms with Crippen molar-refractivity contribution < 1.29 is 8.42 Å². The Balaban J connectivity index is 0.00000392. The molecule has 1 atom stereocenters. The fourth-order valence-electron chi connectivity index (χ4n) is 3.28. The van der Waals surface area contributed by atoms with Gasteiger partial charge in [-0.1, -0.05) is 32.0 Å². The van der Waals surface area contributed by atoms with E-state index < -0.39 is 10.0 Å². The number of guanidine groups is 1. The van der Waals surface area contributed by atoms with Gasteiger partial charge in [0.1, 0.15) is 0 Å². The first-order chi connectivity index (χ1) is 13.0. The highest BCUT2D eigenvalue weighted by molar-refractivity contribution is 14.0. The number of nitrogens with zero attached hydrogens (tertiary/aromatic N) is 3. The Morgan fingerprint density at radius 2 is 1.89 bits per heavy atom. The van der Waals surface area contributed by atoms with E-state index >= 15 is 0 Å². The van der Waals surface area contributed by atoms with E-state index in [-0.39, 0.29) is 36.3 Å². The molecule has 0 spiro atoms. The fourth-order valence-corrected chi connectivity index (χ4v) is 4.65. The topological polar surface area (TPSA) is 77.0 Å².